The van der Waals surface area contributed by atoms with Crippen LogP contribution in [-0.4, -0.2) is 6.61 Å². The van der Waals surface area contributed by atoms with Crippen molar-refractivity contribution in [1.82, 2.24) is 0 Å². The number of aryl methyl sites for hydroxylation is 1. The predicted octanol–water partition coefficient (Wildman–Crippen LogP) is 4.64. The molecule has 0 aliphatic heterocycles. The van der Waals surface area contributed by atoms with Gasteiger partial charge in [-0.05, 0) is 42.7 Å². The molecule has 0 amide bonds. The summed E-state index contributed by atoms with van der Waals surface area (Å²) in [7, 11) is 0. The van der Waals surface area contributed by atoms with Crippen molar-refractivity contribution in [1.29, 1.82) is 0 Å². The first-order valence-electron chi connectivity index (χ1n) is 6.32. The van der Waals surface area contributed by atoms with Gasteiger partial charge in [-0.1, -0.05) is 42.8 Å². The first-order valence-corrected chi connectivity index (χ1v) is 6.32. The van der Waals surface area contributed by atoms with Crippen molar-refractivity contribution >= 4 is 10.8 Å². The van der Waals surface area contributed by atoms with E-state index in [-0.39, 0.29) is 6.10 Å². The maximum atomic E-state index is 5.75. The van der Waals surface area contributed by atoms with E-state index in [0.717, 1.165) is 13.0 Å². The summed E-state index contributed by atoms with van der Waals surface area (Å²) in [5.74, 6) is 0. The van der Waals surface area contributed by atoms with Crippen LogP contribution in [0.5, 0.6) is 0 Å². The van der Waals surface area contributed by atoms with Crippen molar-refractivity contribution < 1.29 is 4.74 Å². The highest BCUT2D eigenvalue weighted by Crippen LogP contribution is 2.23. The molecule has 90 valence electrons. The maximum absolute atomic E-state index is 5.75. The standard InChI is InChI=1S/C16H20O/c1-4-9-17-13(3)14-7-8-15-10-12(2)5-6-16(15)11-14/h5-8,10-11,13H,4,9H2,1-3H3/t13-/m0/s1. The normalized spacial score (nSPS) is 12.9. The van der Waals surface area contributed by atoms with Crippen LogP contribution in [-0.2, 0) is 4.74 Å². The van der Waals surface area contributed by atoms with Gasteiger partial charge in [-0.25, -0.2) is 0 Å². The highest BCUT2D eigenvalue weighted by atomic mass is 16.5. The molecule has 0 bridgehead atoms. The van der Waals surface area contributed by atoms with Crippen molar-refractivity contribution in [2.75, 3.05) is 6.61 Å². The van der Waals surface area contributed by atoms with Gasteiger partial charge in [0.2, 0.25) is 0 Å². The Kier molecular flexibility index (Phi) is 3.80. The van der Waals surface area contributed by atoms with E-state index in [1.807, 2.05) is 0 Å². The molecule has 17 heavy (non-hydrogen) atoms. The summed E-state index contributed by atoms with van der Waals surface area (Å²) in [5, 5.41) is 2.59. The molecular formula is C16H20O. The Bertz CT molecular complexity index is 502. The van der Waals surface area contributed by atoms with Gasteiger partial charge in [0.1, 0.15) is 0 Å². The molecule has 0 spiro atoms. The van der Waals surface area contributed by atoms with Crippen LogP contribution in [0.2, 0.25) is 0 Å². The Balaban J connectivity index is 2.28. The summed E-state index contributed by atoms with van der Waals surface area (Å²) >= 11 is 0. The second kappa shape index (κ2) is 5.33. The quantitative estimate of drug-likeness (QED) is 0.741. The lowest BCUT2D eigenvalue weighted by atomic mass is 10.0. The Labute approximate surface area is 103 Å². The Morgan fingerprint density at radius 1 is 1.06 bits per heavy atom. The molecular weight excluding hydrogens is 208 g/mol. The zero-order chi connectivity index (χ0) is 12.3. The number of rotatable bonds is 4. The van der Waals surface area contributed by atoms with E-state index in [9.17, 15) is 0 Å². The molecule has 1 nitrogen and oxygen atoms in total. The van der Waals surface area contributed by atoms with E-state index in [2.05, 4.69) is 57.2 Å². The lowest BCUT2D eigenvalue weighted by molar-refractivity contribution is 0.0663. The molecule has 0 radical (unpaired) electrons. The molecule has 0 heterocycles. The Hall–Kier alpha value is -1.34. The molecule has 1 heteroatoms. The van der Waals surface area contributed by atoms with Crippen LogP contribution in [0.15, 0.2) is 36.4 Å². The molecule has 1 atom stereocenters. The van der Waals surface area contributed by atoms with Crippen molar-refractivity contribution in [3.05, 3.63) is 47.5 Å². The number of fused-ring (bicyclic) bond motifs is 1. The fraction of sp³-hybridized carbons (Fsp3) is 0.375. The Morgan fingerprint density at radius 2 is 1.76 bits per heavy atom. The zero-order valence-corrected chi connectivity index (χ0v) is 10.9. The SMILES string of the molecule is CCCO[C@@H](C)c1ccc2cc(C)ccc2c1. The lowest BCUT2D eigenvalue weighted by Crippen LogP contribution is -2.00. The minimum Gasteiger partial charge on any atom is -0.374 e. The van der Waals surface area contributed by atoms with Crippen LogP contribution >= 0.6 is 0 Å². The molecule has 0 unspecified atom stereocenters. The second-order valence-electron chi connectivity index (χ2n) is 4.62. The van der Waals surface area contributed by atoms with Crippen molar-refractivity contribution in [3.63, 3.8) is 0 Å². The average Bonchev–Trinajstić information content (AvgIpc) is 2.35. The van der Waals surface area contributed by atoms with Crippen LogP contribution in [0, 0.1) is 6.92 Å². The van der Waals surface area contributed by atoms with Gasteiger partial charge in [-0.15, -0.1) is 0 Å². The third-order valence-electron chi connectivity index (χ3n) is 3.06. The topological polar surface area (TPSA) is 9.23 Å². The third-order valence-corrected chi connectivity index (χ3v) is 3.06. The largest absolute Gasteiger partial charge is 0.374 e. The van der Waals surface area contributed by atoms with Gasteiger partial charge in [-0.2, -0.15) is 0 Å². The van der Waals surface area contributed by atoms with Crippen LogP contribution in [0.1, 0.15) is 37.5 Å². The minimum atomic E-state index is 0.181. The summed E-state index contributed by atoms with van der Waals surface area (Å²) < 4.78 is 5.75. The number of ether oxygens (including phenoxy) is 1. The number of hydrogen-bond donors (Lipinski definition) is 0. The molecule has 2 aromatic carbocycles. The molecule has 0 aliphatic carbocycles. The third kappa shape index (κ3) is 2.86. The number of benzene rings is 2. The monoisotopic (exact) mass is 228 g/mol. The maximum Gasteiger partial charge on any atom is 0.0797 e. The molecule has 0 aromatic heterocycles. The van der Waals surface area contributed by atoms with Crippen molar-refractivity contribution in [2.45, 2.75) is 33.3 Å². The highest BCUT2D eigenvalue weighted by Gasteiger charge is 2.05. The summed E-state index contributed by atoms with van der Waals surface area (Å²) in [6.45, 7) is 7.20. The van der Waals surface area contributed by atoms with E-state index >= 15 is 0 Å². The molecule has 0 aliphatic rings. The first-order chi connectivity index (χ1) is 8.20. The van der Waals surface area contributed by atoms with E-state index < -0.39 is 0 Å². The fourth-order valence-corrected chi connectivity index (χ4v) is 2.03. The van der Waals surface area contributed by atoms with Crippen LogP contribution in [0.25, 0.3) is 10.8 Å². The van der Waals surface area contributed by atoms with Crippen molar-refractivity contribution in [3.8, 4) is 0 Å². The highest BCUT2D eigenvalue weighted by molar-refractivity contribution is 5.83. The van der Waals surface area contributed by atoms with Gasteiger partial charge < -0.3 is 4.74 Å². The summed E-state index contributed by atoms with van der Waals surface area (Å²) in [4.78, 5) is 0. The molecule has 0 fully saturated rings. The van der Waals surface area contributed by atoms with Gasteiger partial charge >= 0.3 is 0 Å². The van der Waals surface area contributed by atoms with Gasteiger partial charge in [0.05, 0.1) is 6.10 Å². The summed E-state index contributed by atoms with van der Waals surface area (Å²) in [6, 6.07) is 13.1. The Morgan fingerprint density at radius 3 is 2.53 bits per heavy atom. The molecule has 0 saturated heterocycles. The van der Waals surface area contributed by atoms with E-state index in [1.165, 1.54) is 21.9 Å². The predicted molar refractivity (Wildman–Crippen MR) is 73.3 cm³/mol. The van der Waals surface area contributed by atoms with Gasteiger partial charge in [0, 0.05) is 6.61 Å². The van der Waals surface area contributed by atoms with E-state index in [1.54, 1.807) is 0 Å². The van der Waals surface area contributed by atoms with E-state index in [4.69, 9.17) is 4.74 Å². The van der Waals surface area contributed by atoms with Crippen molar-refractivity contribution in [2.24, 2.45) is 0 Å². The second-order valence-corrected chi connectivity index (χ2v) is 4.62. The van der Waals surface area contributed by atoms with Crippen LogP contribution < -0.4 is 0 Å². The van der Waals surface area contributed by atoms with Gasteiger partial charge in [-0.3, -0.25) is 0 Å². The fourth-order valence-electron chi connectivity index (χ4n) is 2.03. The van der Waals surface area contributed by atoms with Crippen LogP contribution in [0.4, 0.5) is 0 Å². The van der Waals surface area contributed by atoms with Crippen LogP contribution in [0.3, 0.4) is 0 Å². The van der Waals surface area contributed by atoms with Gasteiger partial charge in [0.15, 0.2) is 0 Å². The molecule has 0 saturated carbocycles. The summed E-state index contributed by atoms with van der Waals surface area (Å²) in [6.07, 6.45) is 1.25. The first kappa shape index (κ1) is 12.1. The average molecular weight is 228 g/mol. The number of hydrogen-bond acceptors (Lipinski definition) is 1. The molecule has 2 aromatic rings. The zero-order valence-electron chi connectivity index (χ0n) is 10.9. The van der Waals surface area contributed by atoms with E-state index in [0.29, 0.717) is 0 Å². The lowest BCUT2D eigenvalue weighted by Gasteiger charge is -2.13. The molecule has 2 rings (SSSR count). The smallest absolute Gasteiger partial charge is 0.0797 e. The summed E-state index contributed by atoms with van der Waals surface area (Å²) in [5.41, 5.74) is 2.57. The molecule has 0 N–H and O–H groups in total. The minimum absolute atomic E-state index is 0.181. The van der Waals surface area contributed by atoms with Gasteiger partial charge in [0.25, 0.3) is 0 Å².